The molecule has 0 atom stereocenters. The van der Waals surface area contributed by atoms with Crippen molar-refractivity contribution in [2.75, 3.05) is 33.2 Å². The molecule has 0 radical (unpaired) electrons. The van der Waals surface area contributed by atoms with E-state index in [2.05, 4.69) is 87.7 Å². The average Bonchev–Trinajstić information content (AvgIpc) is 3.47. The number of fused-ring (bicyclic) bond motifs is 2. The molecule has 4 aromatic heterocycles. The van der Waals surface area contributed by atoms with Crippen molar-refractivity contribution in [3.05, 3.63) is 84.3 Å². The first-order chi connectivity index (χ1) is 15.6. The Morgan fingerprint density at radius 2 is 1.94 bits per heavy atom. The third-order valence-corrected chi connectivity index (χ3v) is 7.11. The zero-order valence-electron chi connectivity index (χ0n) is 18.5. The number of hydrogen-bond acceptors (Lipinski definition) is 5. The van der Waals surface area contributed by atoms with Crippen LogP contribution in [-0.4, -0.2) is 57.4 Å². The molecule has 0 unspecified atom stereocenters. The van der Waals surface area contributed by atoms with Crippen LogP contribution in [0.2, 0.25) is 0 Å². The van der Waals surface area contributed by atoms with Gasteiger partial charge in [0.05, 0.1) is 22.1 Å². The van der Waals surface area contributed by atoms with E-state index in [-0.39, 0.29) is 0 Å². The minimum absolute atomic E-state index is 0.943. The number of nitrogens with zero attached hydrogens (tertiary/aromatic N) is 5. The van der Waals surface area contributed by atoms with Gasteiger partial charge in [-0.05, 0) is 66.9 Å². The van der Waals surface area contributed by atoms with E-state index in [9.17, 15) is 0 Å². The molecule has 32 heavy (non-hydrogen) atoms. The zero-order valence-corrected chi connectivity index (χ0v) is 19.3. The summed E-state index contributed by atoms with van der Waals surface area (Å²) in [4.78, 5) is 13.9. The Morgan fingerprint density at radius 3 is 2.75 bits per heavy atom. The average molecular weight is 442 g/mol. The molecule has 1 aliphatic heterocycles. The number of hydrogen-bond donors (Lipinski definition) is 0. The maximum atomic E-state index is 4.70. The van der Waals surface area contributed by atoms with Crippen LogP contribution in [0, 0.1) is 0 Å². The van der Waals surface area contributed by atoms with Crippen molar-refractivity contribution < 1.29 is 0 Å². The molecule has 0 aliphatic carbocycles. The Labute approximate surface area is 192 Å². The molecule has 0 aromatic carbocycles. The van der Waals surface area contributed by atoms with Gasteiger partial charge < -0.3 is 9.80 Å². The lowest BCUT2D eigenvalue weighted by molar-refractivity contribution is 0.190. The van der Waals surface area contributed by atoms with Crippen LogP contribution < -0.4 is 0 Å². The van der Waals surface area contributed by atoms with E-state index in [0.717, 1.165) is 43.0 Å². The molecule has 1 fully saturated rings. The fraction of sp³-hybridized carbons (Fsp3) is 0.231. The van der Waals surface area contributed by atoms with Gasteiger partial charge in [0.15, 0.2) is 0 Å². The Bertz CT molecular complexity index is 1330. The van der Waals surface area contributed by atoms with Gasteiger partial charge in [0.1, 0.15) is 5.65 Å². The maximum Gasteiger partial charge on any atom is 0.137 e. The van der Waals surface area contributed by atoms with Crippen molar-refractivity contribution in [2.24, 2.45) is 0 Å². The fourth-order valence-electron chi connectivity index (χ4n) is 4.17. The molecule has 5 nitrogen and oxygen atoms in total. The first kappa shape index (κ1) is 20.7. The third kappa shape index (κ3) is 3.87. The summed E-state index contributed by atoms with van der Waals surface area (Å²) in [5.74, 6) is 0. The third-order valence-electron chi connectivity index (χ3n) is 6.17. The highest BCUT2D eigenvalue weighted by Crippen LogP contribution is 2.32. The van der Waals surface area contributed by atoms with Gasteiger partial charge in [0, 0.05) is 49.8 Å². The SMILES string of the molecule is C=CC(=CC=C(C)c1ccn2c(-c3ccnc4ccsc34)cnc2c1)N1CCN(C)CC1. The molecular weight excluding hydrogens is 414 g/mol. The molecule has 0 amide bonds. The molecule has 0 spiro atoms. The van der Waals surface area contributed by atoms with E-state index >= 15 is 0 Å². The summed E-state index contributed by atoms with van der Waals surface area (Å²) in [6.07, 6.45) is 12.3. The predicted molar refractivity (Wildman–Crippen MR) is 135 cm³/mol. The second-order valence-corrected chi connectivity index (χ2v) is 9.13. The molecule has 4 aromatic rings. The van der Waals surface area contributed by atoms with Crippen LogP contribution in [0.15, 0.2) is 78.7 Å². The fourth-order valence-corrected chi connectivity index (χ4v) is 5.05. The van der Waals surface area contributed by atoms with E-state index in [0.29, 0.717) is 0 Å². The molecule has 1 aliphatic rings. The highest BCUT2D eigenvalue weighted by molar-refractivity contribution is 7.17. The number of likely N-dealkylation sites (N-methyl/N-ethyl adjacent to an activating group) is 1. The lowest BCUT2D eigenvalue weighted by Crippen LogP contribution is -2.43. The van der Waals surface area contributed by atoms with E-state index < -0.39 is 0 Å². The molecule has 5 heterocycles. The first-order valence-corrected chi connectivity index (χ1v) is 11.8. The van der Waals surface area contributed by atoms with Crippen LogP contribution in [0.1, 0.15) is 12.5 Å². The number of allylic oxidation sites excluding steroid dienone is 4. The molecular formula is C26H27N5S. The standard InChI is InChI=1S/C26H27N5S/c1-4-21(30-14-12-29(3)13-15-30)6-5-19(2)20-8-11-31-24(18-28-25(31)17-20)22-7-10-27-23-9-16-32-26(22)23/h4-11,16-18H,1,12-15H2,2-3H3. The van der Waals surface area contributed by atoms with Crippen LogP contribution in [0.4, 0.5) is 0 Å². The van der Waals surface area contributed by atoms with Crippen molar-refractivity contribution in [3.8, 4) is 11.3 Å². The van der Waals surface area contributed by atoms with Crippen molar-refractivity contribution >= 4 is 32.8 Å². The Morgan fingerprint density at radius 1 is 1.09 bits per heavy atom. The summed E-state index contributed by atoms with van der Waals surface area (Å²) in [6.45, 7) is 10.4. The van der Waals surface area contributed by atoms with Gasteiger partial charge in [-0.25, -0.2) is 4.98 Å². The highest BCUT2D eigenvalue weighted by atomic mass is 32.1. The number of pyridine rings is 2. The highest BCUT2D eigenvalue weighted by Gasteiger charge is 2.14. The maximum absolute atomic E-state index is 4.70. The monoisotopic (exact) mass is 441 g/mol. The summed E-state index contributed by atoms with van der Waals surface area (Å²) in [6, 6.07) is 8.45. The quantitative estimate of drug-likeness (QED) is 0.392. The predicted octanol–water partition coefficient (Wildman–Crippen LogP) is 5.33. The van der Waals surface area contributed by atoms with Crippen LogP contribution in [0.5, 0.6) is 0 Å². The van der Waals surface area contributed by atoms with Gasteiger partial charge in [0.25, 0.3) is 0 Å². The Kier molecular flexibility index (Phi) is 5.64. The second kappa shape index (κ2) is 8.73. The minimum Gasteiger partial charge on any atom is -0.369 e. The lowest BCUT2D eigenvalue weighted by atomic mass is 10.1. The summed E-state index contributed by atoms with van der Waals surface area (Å²) >= 11 is 1.72. The zero-order chi connectivity index (χ0) is 22.1. The molecule has 0 bridgehead atoms. The second-order valence-electron chi connectivity index (χ2n) is 8.22. The molecule has 0 N–H and O–H groups in total. The van der Waals surface area contributed by atoms with E-state index in [4.69, 9.17) is 4.98 Å². The van der Waals surface area contributed by atoms with Gasteiger partial charge in [0.2, 0.25) is 0 Å². The normalized spacial score (nSPS) is 16.2. The number of aromatic nitrogens is 3. The van der Waals surface area contributed by atoms with Crippen molar-refractivity contribution in [3.63, 3.8) is 0 Å². The van der Waals surface area contributed by atoms with Gasteiger partial charge in [-0.3, -0.25) is 9.38 Å². The van der Waals surface area contributed by atoms with Gasteiger partial charge >= 0.3 is 0 Å². The summed E-state index contributed by atoms with van der Waals surface area (Å²) < 4.78 is 3.35. The van der Waals surface area contributed by atoms with Crippen molar-refractivity contribution in [1.82, 2.24) is 24.2 Å². The largest absolute Gasteiger partial charge is 0.369 e. The molecule has 0 saturated carbocycles. The smallest absolute Gasteiger partial charge is 0.137 e. The van der Waals surface area contributed by atoms with Crippen LogP contribution in [0.3, 0.4) is 0 Å². The van der Waals surface area contributed by atoms with Gasteiger partial charge in [-0.15, -0.1) is 11.3 Å². The minimum atomic E-state index is 0.943. The van der Waals surface area contributed by atoms with Crippen molar-refractivity contribution in [1.29, 1.82) is 0 Å². The Hall–Kier alpha value is -3.22. The van der Waals surface area contributed by atoms with E-state index in [1.807, 2.05) is 18.5 Å². The molecule has 1 saturated heterocycles. The van der Waals surface area contributed by atoms with E-state index in [1.165, 1.54) is 27.1 Å². The van der Waals surface area contributed by atoms with Crippen LogP contribution >= 0.6 is 11.3 Å². The topological polar surface area (TPSA) is 36.7 Å². The number of thiophene rings is 1. The summed E-state index contributed by atoms with van der Waals surface area (Å²) in [5, 5.41) is 2.09. The first-order valence-electron chi connectivity index (χ1n) is 10.9. The molecule has 162 valence electrons. The lowest BCUT2D eigenvalue weighted by Gasteiger charge is -2.34. The van der Waals surface area contributed by atoms with Crippen molar-refractivity contribution in [2.45, 2.75) is 6.92 Å². The van der Waals surface area contributed by atoms with Gasteiger partial charge in [-0.2, -0.15) is 0 Å². The van der Waals surface area contributed by atoms with Crippen LogP contribution in [0.25, 0.3) is 32.7 Å². The van der Waals surface area contributed by atoms with Gasteiger partial charge in [-0.1, -0.05) is 12.7 Å². The molecule has 5 rings (SSSR count). The summed E-state index contributed by atoms with van der Waals surface area (Å²) in [5.41, 5.74) is 7.79. The van der Waals surface area contributed by atoms with Crippen LogP contribution in [-0.2, 0) is 0 Å². The number of rotatable bonds is 5. The summed E-state index contributed by atoms with van der Waals surface area (Å²) in [7, 11) is 2.17. The molecule has 6 heteroatoms. The number of piperazine rings is 1. The Balaban J connectivity index is 1.44. The van der Waals surface area contributed by atoms with E-state index in [1.54, 1.807) is 11.3 Å². The number of imidazole rings is 1.